The van der Waals surface area contributed by atoms with Gasteiger partial charge in [0.05, 0.1) is 18.8 Å². The summed E-state index contributed by atoms with van der Waals surface area (Å²) in [6.07, 6.45) is 2.29. The van der Waals surface area contributed by atoms with Gasteiger partial charge in [0.15, 0.2) is 17.3 Å². The molecule has 0 saturated carbocycles. The number of ether oxygens (including phenoxy) is 2. The van der Waals surface area contributed by atoms with E-state index in [1.54, 1.807) is 7.11 Å². The molecule has 0 aliphatic carbocycles. The summed E-state index contributed by atoms with van der Waals surface area (Å²) in [5, 5.41) is 4.00. The third-order valence-electron chi connectivity index (χ3n) is 4.04. The minimum atomic E-state index is 0.322. The van der Waals surface area contributed by atoms with Crippen molar-refractivity contribution in [2.45, 2.75) is 25.8 Å². The normalized spacial score (nSPS) is 18.5. The van der Waals surface area contributed by atoms with Gasteiger partial charge in [0, 0.05) is 12.6 Å². The summed E-state index contributed by atoms with van der Waals surface area (Å²) in [4.78, 5) is 2.40. The molecule has 1 aliphatic rings. The Morgan fingerprint density at radius 2 is 2.14 bits per heavy atom. The number of hydrogen-bond donors (Lipinski definition) is 0. The first-order chi connectivity index (χ1) is 10.8. The van der Waals surface area contributed by atoms with E-state index < -0.39 is 0 Å². The molecule has 1 aliphatic heterocycles. The van der Waals surface area contributed by atoms with E-state index in [9.17, 15) is 0 Å². The molecule has 22 heavy (non-hydrogen) atoms. The van der Waals surface area contributed by atoms with Crippen molar-refractivity contribution >= 4 is 0 Å². The molecule has 0 amide bonds. The molecule has 1 aromatic carbocycles. The third kappa shape index (κ3) is 3.25. The van der Waals surface area contributed by atoms with Gasteiger partial charge >= 0.3 is 0 Å². The van der Waals surface area contributed by atoms with Crippen molar-refractivity contribution in [1.82, 2.24) is 10.1 Å². The number of benzene rings is 1. The van der Waals surface area contributed by atoms with Crippen LogP contribution in [0.15, 0.2) is 34.9 Å². The van der Waals surface area contributed by atoms with Gasteiger partial charge in [-0.1, -0.05) is 17.3 Å². The van der Waals surface area contributed by atoms with Crippen molar-refractivity contribution in [3.8, 4) is 11.5 Å². The Bertz CT molecular complexity index is 611. The van der Waals surface area contributed by atoms with Crippen LogP contribution < -0.4 is 9.47 Å². The number of aryl methyl sites for hydroxylation is 1. The van der Waals surface area contributed by atoms with Crippen LogP contribution in [0.25, 0.3) is 0 Å². The minimum Gasteiger partial charge on any atom is -0.493 e. The molecule has 118 valence electrons. The second-order valence-electron chi connectivity index (χ2n) is 5.56. The average molecular weight is 302 g/mol. The van der Waals surface area contributed by atoms with Crippen molar-refractivity contribution in [3.05, 3.63) is 41.8 Å². The highest BCUT2D eigenvalue weighted by atomic mass is 16.5. The van der Waals surface area contributed by atoms with Crippen LogP contribution in [0.3, 0.4) is 0 Å². The molecule has 1 fully saturated rings. The van der Waals surface area contributed by atoms with Gasteiger partial charge in [-0.2, -0.15) is 0 Å². The molecule has 0 bridgehead atoms. The molecule has 0 spiro atoms. The van der Waals surface area contributed by atoms with Crippen molar-refractivity contribution in [2.75, 3.05) is 26.8 Å². The SMILES string of the molecule is COc1ccccc1OCCN1CCCC1c1cc(C)no1. The predicted molar refractivity (Wildman–Crippen MR) is 83.3 cm³/mol. The fourth-order valence-corrected chi connectivity index (χ4v) is 2.97. The third-order valence-corrected chi connectivity index (χ3v) is 4.04. The monoisotopic (exact) mass is 302 g/mol. The molecule has 5 nitrogen and oxygen atoms in total. The Morgan fingerprint density at radius 3 is 2.86 bits per heavy atom. The molecule has 2 aromatic rings. The van der Waals surface area contributed by atoms with Crippen LogP contribution in [-0.2, 0) is 0 Å². The number of likely N-dealkylation sites (tertiary alicyclic amines) is 1. The topological polar surface area (TPSA) is 47.7 Å². The fourth-order valence-electron chi connectivity index (χ4n) is 2.97. The number of nitrogens with zero attached hydrogens (tertiary/aromatic N) is 2. The highest BCUT2D eigenvalue weighted by molar-refractivity contribution is 5.39. The summed E-state index contributed by atoms with van der Waals surface area (Å²) in [6, 6.07) is 10.1. The largest absolute Gasteiger partial charge is 0.493 e. The van der Waals surface area contributed by atoms with E-state index in [0.717, 1.165) is 42.5 Å². The summed E-state index contributed by atoms with van der Waals surface area (Å²) in [6.45, 7) is 4.52. The maximum Gasteiger partial charge on any atom is 0.161 e. The molecular weight excluding hydrogens is 280 g/mol. The first kappa shape index (κ1) is 14.9. The van der Waals surface area contributed by atoms with E-state index in [1.165, 1.54) is 6.42 Å². The zero-order valence-electron chi connectivity index (χ0n) is 13.1. The number of hydrogen-bond acceptors (Lipinski definition) is 5. The summed E-state index contributed by atoms with van der Waals surface area (Å²) in [5.74, 6) is 2.52. The highest BCUT2D eigenvalue weighted by Crippen LogP contribution is 2.32. The Labute approximate surface area is 130 Å². The first-order valence-electron chi connectivity index (χ1n) is 7.71. The van der Waals surface area contributed by atoms with E-state index in [-0.39, 0.29) is 0 Å². The van der Waals surface area contributed by atoms with Crippen molar-refractivity contribution in [2.24, 2.45) is 0 Å². The van der Waals surface area contributed by atoms with E-state index in [0.29, 0.717) is 12.6 Å². The van der Waals surface area contributed by atoms with Crippen LogP contribution in [-0.4, -0.2) is 36.9 Å². The number of para-hydroxylation sites is 2. The lowest BCUT2D eigenvalue weighted by atomic mass is 10.1. The standard InChI is InChI=1S/C17H22N2O3/c1-13-12-17(22-18-13)14-6-5-9-19(14)10-11-21-16-8-4-3-7-15(16)20-2/h3-4,7-8,12,14H,5-6,9-11H2,1-2H3. The van der Waals surface area contributed by atoms with Crippen molar-refractivity contribution < 1.29 is 14.0 Å². The molecule has 2 heterocycles. The van der Waals surface area contributed by atoms with Gasteiger partial charge in [-0.15, -0.1) is 0 Å². The van der Waals surface area contributed by atoms with Gasteiger partial charge in [-0.3, -0.25) is 4.90 Å². The van der Waals surface area contributed by atoms with Gasteiger partial charge in [-0.25, -0.2) is 0 Å². The second-order valence-corrected chi connectivity index (χ2v) is 5.56. The van der Waals surface area contributed by atoms with E-state index in [4.69, 9.17) is 14.0 Å². The Kier molecular flexibility index (Phi) is 4.63. The molecule has 5 heteroatoms. The highest BCUT2D eigenvalue weighted by Gasteiger charge is 2.28. The van der Waals surface area contributed by atoms with E-state index in [2.05, 4.69) is 10.1 Å². The van der Waals surface area contributed by atoms with Crippen LogP contribution in [0.5, 0.6) is 11.5 Å². The van der Waals surface area contributed by atoms with Crippen LogP contribution in [0.4, 0.5) is 0 Å². The van der Waals surface area contributed by atoms with Crippen LogP contribution in [0.1, 0.15) is 30.3 Å². The van der Waals surface area contributed by atoms with Crippen LogP contribution in [0, 0.1) is 6.92 Å². The summed E-state index contributed by atoms with van der Waals surface area (Å²) in [5.41, 5.74) is 0.937. The van der Waals surface area contributed by atoms with Crippen LogP contribution >= 0.6 is 0 Å². The van der Waals surface area contributed by atoms with Crippen LogP contribution in [0.2, 0.25) is 0 Å². The molecule has 1 saturated heterocycles. The lowest BCUT2D eigenvalue weighted by Gasteiger charge is -2.22. The van der Waals surface area contributed by atoms with E-state index in [1.807, 2.05) is 37.3 Å². The fraction of sp³-hybridized carbons (Fsp3) is 0.471. The quantitative estimate of drug-likeness (QED) is 0.820. The Balaban J connectivity index is 1.56. The molecule has 0 radical (unpaired) electrons. The summed E-state index contributed by atoms with van der Waals surface area (Å²) >= 11 is 0. The molecule has 0 N–H and O–H groups in total. The number of methoxy groups -OCH3 is 1. The van der Waals surface area contributed by atoms with Gasteiger partial charge in [-0.05, 0) is 38.4 Å². The van der Waals surface area contributed by atoms with E-state index >= 15 is 0 Å². The average Bonchev–Trinajstić information content (AvgIpc) is 3.16. The number of rotatable bonds is 6. The van der Waals surface area contributed by atoms with Gasteiger partial charge < -0.3 is 14.0 Å². The molecule has 3 rings (SSSR count). The zero-order chi connectivity index (χ0) is 15.4. The van der Waals surface area contributed by atoms with Crippen molar-refractivity contribution in [3.63, 3.8) is 0 Å². The van der Waals surface area contributed by atoms with Crippen molar-refractivity contribution in [1.29, 1.82) is 0 Å². The second kappa shape index (κ2) is 6.83. The maximum absolute atomic E-state index is 5.87. The maximum atomic E-state index is 5.87. The minimum absolute atomic E-state index is 0.322. The lowest BCUT2D eigenvalue weighted by Crippen LogP contribution is -2.28. The Morgan fingerprint density at radius 1 is 1.32 bits per heavy atom. The molecule has 1 unspecified atom stereocenters. The summed E-state index contributed by atoms with van der Waals surface area (Å²) in [7, 11) is 1.66. The zero-order valence-corrected chi connectivity index (χ0v) is 13.1. The lowest BCUT2D eigenvalue weighted by molar-refractivity contribution is 0.173. The molecular formula is C17H22N2O3. The van der Waals surface area contributed by atoms with Gasteiger partial charge in [0.25, 0.3) is 0 Å². The smallest absolute Gasteiger partial charge is 0.161 e. The van der Waals surface area contributed by atoms with Gasteiger partial charge in [0.2, 0.25) is 0 Å². The predicted octanol–water partition coefficient (Wildman–Crippen LogP) is 3.21. The summed E-state index contributed by atoms with van der Waals surface area (Å²) < 4.78 is 16.6. The van der Waals surface area contributed by atoms with Gasteiger partial charge in [0.1, 0.15) is 6.61 Å². The molecule has 1 aromatic heterocycles. The number of aromatic nitrogens is 1. The molecule has 1 atom stereocenters. The Hall–Kier alpha value is -2.01. The first-order valence-corrected chi connectivity index (χ1v) is 7.71.